The summed E-state index contributed by atoms with van der Waals surface area (Å²) in [5.74, 6) is -3.92. The largest absolute Gasteiger partial charge is 0.507 e. The summed E-state index contributed by atoms with van der Waals surface area (Å²) < 4.78 is 5.17. The first-order valence-electron chi connectivity index (χ1n) is 15.2. The van der Waals surface area contributed by atoms with Gasteiger partial charge < -0.3 is 35.4 Å². The SMILES string of the molecule is Cc1cc2c(C(C)C)c(O)c(O)c(C=O)c2c(O)c1-c1c(C)cc2c(C(C)C)c(O)c(O)c(C=NCCOC(=O)C(C)C)c2c1O. The maximum absolute atomic E-state index is 12.2. The van der Waals surface area contributed by atoms with E-state index in [1.807, 2.05) is 13.8 Å². The molecule has 0 saturated heterocycles. The zero-order chi connectivity index (χ0) is 34.4. The molecule has 0 aliphatic rings. The van der Waals surface area contributed by atoms with Gasteiger partial charge in [-0.15, -0.1) is 0 Å². The molecule has 0 saturated carbocycles. The predicted octanol–water partition coefficient (Wildman–Crippen LogP) is 7.19. The Bertz CT molecular complexity index is 1920. The van der Waals surface area contributed by atoms with E-state index in [0.29, 0.717) is 39.3 Å². The molecule has 0 amide bonds. The van der Waals surface area contributed by atoms with Gasteiger partial charge in [-0.1, -0.05) is 53.7 Å². The van der Waals surface area contributed by atoms with E-state index in [9.17, 15) is 40.2 Å². The second-order valence-corrected chi connectivity index (χ2v) is 12.5. The van der Waals surface area contributed by atoms with Crippen LogP contribution in [0.4, 0.5) is 0 Å². The van der Waals surface area contributed by atoms with E-state index in [4.69, 9.17) is 4.74 Å². The van der Waals surface area contributed by atoms with E-state index in [2.05, 4.69) is 4.99 Å². The highest BCUT2D eigenvalue weighted by Crippen LogP contribution is 2.54. The number of ether oxygens (including phenoxy) is 1. The Morgan fingerprint density at radius 1 is 0.717 bits per heavy atom. The Balaban J connectivity index is 2.09. The molecule has 46 heavy (non-hydrogen) atoms. The molecular weight excluding hydrogens is 590 g/mol. The molecule has 10 heteroatoms. The Morgan fingerprint density at radius 2 is 1.15 bits per heavy atom. The van der Waals surface area contributed by atoms with Crippen LogP contribution in [-0.4, -0.2) is 62.3 Å². The lowest BCUT2D eigenvalue weighted by molar-refractivity contribution is -0.146. The maximum Gasteiger partial charge on any atom is 0.308 e. The number of aldehydes is 1. The molecule has 4 aromatic rings. The lowest BCUT2D eigenvalue weighted by Gasteiger charge is -2.23. The van der Waals surface area contributed by atoms with Crippen molar-refractivity contribution in [3.8, 4) is 45.6 Å². The van der Waals surface area contributed by atoms with Gasteiger partial charge in [0.25, 0.3) is 0 Å². The fourth-order valence-corrected chi connectivity index (χ4v) is 6.13. The summed E-state index contributed by atoms with van der Waals surface area (Å²) in [6.45, 7) is 14.2. The van der Waals surface area contributed by atoms with Crippen molar-refractivity contribution in [3.63, 3.8) is 0 Å². The van der Waals surface area contributed by atoms with Crippen LogP contribution in [0.2, 0.25) is 0 Å². The molecular formula is C36H41NO9. The second-order valence-electron chi connectivity index (χ2n) is 12.5. The Labute approximate surface area is 267 Å². The van der Waals surface area contributed by atoms with Crippen molar-refractivity contribution in [2.75, 3.05) is 13.2 Å². The van der Waals surface area contributed by atoms with Crippen LogP contribution in [0.25, 0.3) is 32.7 Å². The minimum absolute atomic E-state index is 0.0113. The number of aliphatic imine (C=N–C) groups is 1. The monoisotopic (exact) mass is 631 g/mol. The molecule has 0 heterocycles. The third kappa shape index (κ3) is 5.52. The highest BCUT2D eigenvalue weighted by molar-refractivity contribution is 6.14. The molecule has 6 N–H and O–H groups in total. The second kappa shape index (κ2) is 12.8. The molecule has 0 aliphatic carbocycles. The van der Waals surface area contributed by atoms with Gasteiger partial charge in [0, 0.05) is 44.8 Å². The first-order chi connectivity index (χ1) is 21.6. The summed E-state index contributed by atoms with van der Waals surface area (Å²) in [5.41, 5.74) is 1.84. The maximum atomic E-state index is 12.2. The molecule has 0 atom stereocenters. The van der Waals surface area contributed by atoms with E-state index in [0.717, 1.165) is 0 Å². The van der Waals surface area contributed by atoms with E-state index < -0.39 is 17.2 Å². The summed E-state index contributed by atoms with van der Waals surface area (Å²) in [6.07, 6.45) is 1.65. The van der Waals surface area contributed by atoms with E-state index in [1.165, 1.54) is 6.21 Å². The molecule has 0 unspecified atom stereocenters. The van der Waals surface area contributed by atoms with Crippen molar-refractivity contribution in [2.24, 2.45) is 10.9 Å². The minimum Gasteiger partial charge on any atom is -0.507 e. The van der Waals surface area contributed by atoms with E-state index >= 15 is 0 Å². The number of esters is 1. The molecule has 10 nitrogen and oxygen atoms in total. The quantitative estimate of drug-likeness (QED) is 0.0367. The average Bonchev–Trinajstić information content (AvgIpc) is 2.96. The number of benzene rings is 4. The highest BCUT2D eigenvalue weighted by Gasteiger charge is 2.29. The number of phenols is 6. The van der Waals surface area contributed by atoms with Crippen LogP contribution in [0.3, 0.4) is 0 Å². The van der Waals surface area contributed by atoms with Gasteiger partial charge in [0.15, 0.2) is 29.3 Å². The number of aromatic hydroxyl groups is 6. The van der Waals surface area contributed by atoms with E-state index in [-0.39, 0.29) is 87.1 Å². The summed E-state index contributed by atoms with van der Waals surface area (Å²) in [5, 5.41) is 68.6. The molecule has 4 rings (SSSR count). The first-order valence-corrected chi connectivity index (χ1v) is 15.2. The van der Waals surface area contributed by atoms with Gasteiger partial charge in [0.05, 0.1) is 18.0 Å². The third-order valence-corrected chi connectivity index (χ3v) is 8.26. The summed E-state index contributed by atoms with van der Waals surface area (Å²) in [7, 11) is 0. The first kappa shape index (κ1) is 33.9. The lowest BCUT2D eigenvalue weighted by atomic mass is 9.83. The van der Waals surface area contributed by atoms with Crippen molar-refractivity contribution in [3.05, 3.63) is 45.5 Å². The standard InChI is InChI=1S/C36H41NO9/c1-15(2)24-20-11-18(7)26(32(41)28(20)22(30(39)34(24)43)13-37-9-10-46-36(45)17(5)6)27-19(8)12-21-25(16(3)4)35(44)31(40)23(14-38)29(21)33(27)42/h11-17,39-44H,9-10H2,1-8H3. The fourth-order valence-electron chi connectivity index (χ4n) is 6.13. The molecule has 0 fully saturated rings. The van der Waals surface area contributed by atoms with Crippen LogP contribution in [0.15, 0.2) is 17.1 Å². The Kier molecular flexibility index (Phi) is 9.42. The summed E-state index contributed by atoms with van der Waals surface area (Å²) >= 11 is 0. The molecule has 0 aromatic heterocycles. The zero-order valence-electron chi connectivity index (χ0n) is 27.3. The number of fused-ring (bicyclic) bond motifs is 2. The van der Waals surface area contributed by atoms with Crippen LogP contribution in [0, 0.1) is 19.8 Å². The van der Waals surface area contributed by atoms with Gasteiger partial charge >= 0.3 is 5.97 Å². The van der Waals surface area contributed by atoms with Crippen molar-refractivity contribution < 1.29 is 45.0 Å². The van der Waals surface area contributed by atoms with Crippen LogP contribution in [-0.2, 0) is 9.53 Å². The van der Waals surface area contributed by atoms with Crippen LogP contribution in [0.5, 0.6) is 34.5 Å². The fraction of sp³-hybridized carbons (Fsp3) is 0.361. The van der Waals surface area contributed by atoms with Gasteiger partial charge in [-0.2, -0.15) is 0 Å². The number of nitrogens with zero attached hydrogens (tertiary/aromatic N) is 1. The van der Waals surface area contributed by atoms with Crippen LogP contribution < -0.4 is 0 Å². The smallest absolute Gasteiger partial charge is 0.308 e. The van der Waals surface area contributed by atoms with Crippen molar-refractivity contribution in [1.29, 1.82) is 0 Å². The molecule has 0 spiro atoms. The number of carbonyl (C=O) groups excluding carboxylic acids is 2. The van der Waals surface area contributed by atoms with Crippen molar-refractivity contribution in [1.82, 2.24) is 0 Å². The lowest BCUT2D eigenvalue weighted by Crippen LogP contribution is -2.13. The molecule has 4 aromatic carbocycles. The topological polar surface area (TPSA) is 177 Å². The molecule has 244 valence electrons. The van der Waals surface area contributed by atoms with Gasteiger partial charge in [-0.05, 0) is 47.6 Å². The Hall–Kier alpha value is -4.99. The van der Waals surface area contributed by atoms with Crippen molar-refractivity contribution >= 4 is 40.0 Å². The van der Waals surface area contributed by atoms with Gasteiger partial charge in [-0.3, -0.25) is 14.6 Å². The third-order valence-electron chi connectivity index (χ3n) is 8.26. The van der Waals surface area contributed by atoms with E-state index in [1.54, 1.807) is 53.7 Å². The van der Waals surface area contributed by atoms with Gasteiger partial charge in [-0.25, -0.2) is 0 Å². The highest BCUT2D eigenvalue weighted by atomic mass is 16.5. The minimum atomic E-state index is -0.657. The molecule has 0 aliphatic heterocycles. The molecule has 0 radical (unpaired) electrons. The number of aryl methyl sites for hydroxylation is 2. The van der Waals surface area contributed by atoms with Crippen molar-refractivity contribution in [2.45, 2.75) is 67.2 Å². The van der Waals surface area contributed by atoms with Crippen LogP contribution >= 0.6 is 0 Å². The number of rotatable bonds is 9. The number of carbonyl (C=O) groups is 2. The molecule has 0 bridgehead atoms. The van der Waals surface area contributed by atoms with Gasteiger partial charge in [0.2, 0.25) is 0 Å². The number of phenolic OH excluding ortho intramolecular Hbond substituents is 6. The predicted molar refractivity (Wildman–Crippen MR) is 178 cm³/mol. The Morgan fingerprint density at radius 3 is 1.57 bits per heavy atom. The number of hydrogen-bond acceptors (Lipinski definition) is 10. The van der Waals surface area contributed by atoms with Crippen LogP contribution in [0.1, 0.15) is 91.6 Å². The normalized spacial score (nSPS) is 12.0. The average molecular weight is 632 g/mol. The van der Waals surface area contributed by atoms with Gasteiger partial charge in [0.1, 0.15) is 18.1 Å². The number of hydrogen-bond donors (Lipinski definition) is 6. The summed E-state index contributed by atoms with van der Waals surface area (Å²) in [6, 6.07) is 3.42. The zero-order valence-corrected chi connectivity index (χ0v) is 27.3. The summed E-state index contributed by atoms with van der Waals surface area (Å²) in [4.78, 5) is 28.3.